The Balaban J connectivity index is 1.62. The summed E-state index contributed by atoms with van der Waals surface area (Å²) in [7, 11) is 1.75. The maximum Gasteiger partial charge on any atom is 0.269 e. The summed E-state index contributed by atoms with van der Waals surface area (Å²) in [6.45, 7) is 4.53. The summed E-state index contributed by atoms with van der Waals surface area (Å²) in [4.78, 5) is 30.2. The molecule has 0 aliphatic carbocycles. The number of benzene rings is 1. The number of anilines is 2. The number of aryl methyl sites for hydroxylation is 1. The van der Waals surface area contributed by atoms with Crippen LogP contribution in [0, 0.1) is 6.92 Å². The summed E-state index contributed by atoms with van der Waals surface area (Å²) in [6.07, 6.45) is 2.93. The second kappa shape index (κ2) is 9.59. The van der Waals surface area contributed by atoms with E-state index in [1.54, 1.807) is 31.6 Å². The molecule has 4 aromatic rings. The second-order valence-electron chi connectivity index (χ2n) is 8.38. The van der Waals surface area contributed by atoms with Crippen molar-refractivity contribution in [3.05, 3.63) is 77.5 Å². The highest BCUT2D eigenvalue weighted by molar-refractivity contribution is 6.02. The van der Waals surface area contributed by atoms with Crippen molar-refractivity contribution in [3.8, 4) is 28.4 Å². The number of hydrogen-bond donors (Lipinski definition) is 4. The van der Waals surface area contributed by atoms with Crippen LogP contribution in [0.2, 0.25) is 0 Å². The monoisotopic (exact) mass is 482 g/mol. The van der Waals surface area contributed by atoms with Gasteiger partial charge in [-0.2, -0.15) is 0 Å². The molecule has 0 saturated heterocycles. The summed E-state index contributed by atoms with van der Waals surface area (Å²) in [5, 5.41) is 3.13. The third-order valence-electron chi connectivity index (χ3n) is 6.01. The van der Waals surface area contributed by atoms with E-state index in [0.717, 1.165) is 27.9 Å². The number of hydrazine groups is 1. The highest BCUT2D eigenvalue weighted by Crippen LogP contribution is 2.40. The van der Waals surface area contributed by atoms with E-state index in [1.165, 1.54) is 0 Å². The molecule has 0 bridgehead atoms. The number of nitrogens with zero attached hydrogens (tertiary/aromatic N) is 4. The van der Waals surface area contributed by atoms with Crippen LogP contribution in [0.3, 0.4) is 0 Å². The number of carbonyl (C=O) groups is 1. The van der Waals surface area contributed by atoms with Gasteiger partial charge in [-0.15, -0.1) is 0 Å². The van der Waals surface area contributed by atoms with Gasteiger partial charge in [0.15, 0.2) is 17.6 Å². The first-order valence-corrected chi connectivity index (χ1v) is 11.5. The number of primary amides is 1. The molecule has 1 aliphatic heterocycles. The zero-order chi connectivity index (χ0) is 25.2. The molecule has 0 fully saturated rings. The second-order valence-corrected chi connectivity index (χ2v) is 8.38. The molecule has 5 rings (SSSR count). The molecule has 10 heteroatoms. The van der Waals surface area contributed by atoms with E-state index >= 15 is 0 Å². The third-order valence-corrected chi connectivity index (χ3v) is 6.01. The number of rotatable bonds is 7. The Morgan fingerprint density at radius 1 is 1.11 bits per heavy atom. The van der Waals surface area contributed by atoms with E-state index in [2.05, 4.69) is 36.1 Å². The Labute approximate surface area is 208 Å². The van der Waals surface area contributed by atoms with Gasteiger partial charge in [0, 0.05) is 43.2 Å². The van der Waals surface area contributed by atoms with Crippen molar-refractivity contribution < 1.29 is 9.53 Å². The van der Waals surface area contributed by atoms with E-state index in [4.69, 9.17) is 10.5 Å². The van der Waals surface area contributed by atoms with Gasteiger partial charge in [-0.1, -0.05) is 12.1 Å². The minimum atomic E-state index is -0.633. The Bertz CT molecular complexity index is 1440. The van der Waals surface area contributed by atoms with E-state index in [9.17, 15) is 4.79 Å². The lowest BCUT2D eigenvalue weighted by Crippen LogP contribution is -2.17. The van der Waals surface area contributed by atoms with E-state index in [-0.39, 0.29) is 5.69 Å². The Kier molecular flexibility index (Phi) is 6.17. The van der Waals surface area contributed by atoms with Crippen LogP contribution in [0.15, 0.2) is 54.9 Å². The summed E-state index contributed by atoms with van der Waals surface area (Å²) < 4.78 is 6.00. The predicted molar refractivity (Wildman–Crippen MR) is 137 cm³/mol. The molecule has 1 amide bonds. The summed E-state index contributed by atoms with van der Waals surface area (Å²) in [5.41, 5.74) is 18.8. The smallest absolute Gasteiger partial charge is 0.269 e. The van der Waals surface area contributed by atoms with Crippen molar-refractivity contribution in [2.24, 2.45) is 5.73 Å². The van der Waals surface area contributed by atoms with Crippen molar-refractivity contribution in [1.82, 2.24) is 25.4 Å². The number of carbonyl (C=O) groups excluding carboxylic acids is 1. The molecule has 4 heterocycles. The number of nitrogens with two attached hydrogens (primary N) is 1. The van der Waals surface area contributed by atoms with Crippen LogP contribution in [0.1, 0.15) is 40.5 Å². The standard InChI is InChI=1S/C26H26N8O2/c1-14-8-9-18-17(13-31-34-18)22(14)16-12-20(33-24(25(27)35)23(16)28-3)19-6-4-7-21(32-19)36-15(2)26-29-10-5-11-30-26/h4-12,15,28,31,34H,13H2,1-3H3,(H2,27,35)/t15-/m0/s1. The molecular weight excluding hydrogens is 456 g/mol. The Hall–Kier alpha value is -4.57. The highest BCUT2D eigenvalue weighted by atomic mass is 16.5. The Morgan fingerprint density at radius 2 is 1.92 bits per heavy atom. The van der Waals surface area contributed by atoms with Gasteiger partial charge in [-0.3, -0.25) is 4.79 Å². The molecule has 1 aliphatic rings. The van der Waals surface area contributed by atoms with Crippen LogP contribution in [0.4, 0.5) is 11.4 Å². The molecule has 1 aromatic carbocycles. The predicted octanol–water partition coefficient (Wildman–Crippen LogP) is 3.62. The van der Waals surface area contributed by atoms with Gasteiger partial charge in [0.1, 0.15) is 0 Å². The topological polar surface area (TPSA) is 140 Å². The summed E-state index contributed by atoms with van der Waals surface area (Å²) >= 11 is 0. The van der Waals surface area contributed by atoms with Crippen molar-refractivity contribution in [2.45, 2.75) is 26.5 Å². The van der Waals surface area contributed by atoms with Crippen molar-refractivity contribution >= 4 is 17.3 Å². The quantitative estimate of drug-likeness (QED) is 0.311. The van der Waals surface area contributed by atoms with Gasteiger partial charge >= 0.3 is 0 Å². The minimum absolute atomic E-state index is 0.139. The van der Waals surface area contributed by atoms with Crippen LogP contribution in [-0.4, -0.2) is 32.9 Å². The van der Waals surface area contributed by atoms with Gasteiger partial charge < -0.3 is 21.2 Å². The molecular formula is C26H26N8O2. The lowest BCUT2D eigenvalue weighted by Gasteiger charge is -2.19. The lowest BCUT2D eigenvalue weighted by atomic mass is 9.92. The van der Waals surface area contributed by atoms with E-state index < -0.39 is 12.0 Å². The molecule has 10 nitrogen and oxygen atoms in total. The lowest BCUT2D eigenvalue weighted by molar-refractivity contribution is 0.0996. The van der Waals surface area contributed by atoms with Gasteiger partial charge in [-0.25, -0.2) is 25.4 Å². The molecule has 0 radical (unpaired) electrons. The minimum Gasteiger partial charge on any atom is -0.466 e. The summed E-state index contributed by atoms with van der Waals surface area (Å²) in [6, 6.07) is 13.1. The van der Waals surface area contributed by atoms with Crippen LogP contribution in [-0.2, 0) is 6.54 Å². The third kappa shape index (κ3) is 4.29. The van der Waals surface area contributed by atoms with Crippen molar-refractivity contribution in [2.75, 3.05) is 17.8 Å². The van der Waals surface area contributed by atoms with Crippen LogP contribution in [0.5, 0.6) is 5.88 Å². The molecule has 0 unspecified atom stereocenters. The van der Waals surface area contributed by atoms with Crippen molar-refractivity contribution in [3.63, 3.8) is 0 Å². The summed E-state index contributed by atoms with van der Waals surface area (Å²) in [5.74, 6) is 0.306. The first-order valence-electron chi connectivity index (χ1n) is 11.5. The van der Waals surface area contributed by atoms with E-state index in [0.29, 0.717) is 35.3 Å². The highest BCUT2D eigenvalue weighted by Gasteiger charge is 2.24. The fourth-order valence-corrected chi connectivity index (χ4v) is 4.35. The average Bonchev–Trinajstić information content (AvgIpc) is 3.37. The average molecular weight is 483 g/mol. The van der Waals surface area contributed by atoms with Gasteiger partial charge in [-0.05, 0) is 49.2 Å². The van der Waals surface area contributed by atoms with Gasteiger partial charge in [0.25, 0.3) is 5.91 Å². The zero-order valence-electron chi connectivity index (χ0n) is 20.2. The van der Waals surface area contributed by atoms with Crippen LogP contribution in [0.25, 0.3) is 22.5 Å². The fourth-order valence-electron chi connectivity index (χ4n) is 4.35. The maximum absolute atomic E-state index is 12.5. The number of pyridine rings is 2. The maximum atomic E-state index is 12.5. The van der Waals surface area contributed by atoms with Crippen LogP contribution < -0.4 is 26.6 Å². The fraction of sp³-hybridized carbons (Fsp3) is 0.192. The van der Waals surface area contributed by atoms with Crippen LogP contribution >= 0.6 is 0 Å². The number of amides is 1. The van der Waals surface area contributed by atoms with Gasteiger partial charge in [0.05, 0.1) is 22.8 Å². The number of aromatic nitrogens is 4. The Morgan fingerprint density at radius 3 is 2.67 bits per heavy atom. The number of ether oxygens (including phenoxy) is 1. The molecule has 1 atom stereocenters. The molecule has 0 saturated carbocycles. The number of nitrogens with one attached hydrogen (secondary N) is 3. The first kappa shape index (κ1) is 23.2. The SMILES string of the molecule is CNc1c(-c2c(C)ccc3c2CNN3)cc(-c2cccc(O[C@@H](C)c3ncccn3)n2)nc1C(N)=O. The molecule has 3 aromatic heterocycles. The number of hydrogen-bond acceptors (Lipinski definition) is 9. The normalized spacial score (nSPS) is 13.0. The molecule has 0 spiro atoms. The molecule has 36 heavy (non-hydrogen) atoms. The first-order chi connectivity index (χ1) is 17.5. The molecule has 182 valence electrons. The largest absolute Gasteiger partial charge is 0.466 e. The van der Waals surface area contributed by atoms with E-state index in [1.807, 2.05) is 44.2 Å². The van der Waals surface area contributed by atoms with Crippen molar-refractivity contribution in [1.29, 1.82) is 0 Å². The number of fused-ring (bicyclic) bond motifs is 1. The molecule has 5 N–H and O–H groups in total. The van der Waals surface area contributed by atoms with Gasteiger partial charge in [0.2, 0.25) is 5.88 Å². The zero-order valence-corrected chi connectivity index (χ0v) is 20.2.